The maximum absolute atomic E-state index is 12.7. The summed E-state index contributed by atoms with van der Waals surface area (Å²) >= 11 is 0. The van der Waals surface area contributed by atoms with Crippen LogP contribution in [-0.4, -0.2) is 58.6 Å². The molecule has 8 heteroatoms. The Morgan fingerprint density at radius 2 is 2.04 bits per heavy atom. The third-order valence-corrected chi connectivity index (χ3v) is 5.60. The summed E-state index contributed by atoms with van der Waals surface area (Å²) in [5, 5.41) is 9.04. The van der Waals surface area contributed by atoms with Crippen LogP contribution in [0.5, 0.6) is 0 Å². The molecule has 2 aliphatic rings. The number of amides is 1. The third kappa shape index (κ3) is 4.99. The van der Waals surface area contributed by atoms with Crippen molar-refractivity contribution >= 4 is 5.91 Å². The molecule has 5 nitrogen and oxygen atoms in total. The fraction of sp³-hybridized carbons (Fsp3) is 0.684. The number of aromatic nitrogens is 1. The number of hydrogen-bond acceptors (Lipinski definition) is 4. The molecule has 0 radical (unpaired) electrons. The Balaban J connectivity index is 1.63. The third-order valence-electron chi connectivity index (χ3n) is 5.60. The van der Waals surface area contributed by atoms with Gasteiger partial charge in [0.15, 0.2) is 0 Å². The summed E-state index contributed by atoms with van der Waals surface area (Å²) < 4.78 is 38.0. The second-order valence-electron chi connectivity index (χ2n) is 7.76. The predicted molar refractivity (Wildman–Crippen MR) is 93.7 cm³/mol. The molecule has 1 aromatic heterocycles. The highest BCUT2D eigenvalue weighted by molar-refractivity contribution is 5.77. The van der Waals surface area contributed by atoms with Crippen LogP contribution in [-0.2, 0) is 17.5 Å². The summed E-state index contributed by atoms with van der Waals surface area (Å²) in [5.41, 5.74) is -0.0585. The van der Waals surface area contributed by atoms with Gasteiger partial charge < -0.3 is 10.0 Å². The number of nitrogens with zero attached hydrogens (tertiary/aromatic N) is 3. The zero-order valence-electron chi connectivity index (χ0n) is 15.3. The second-order valence-corrected chi connectivity index (χ2v) is 7.76. The van der Waals surface area contributed by atoms with Crippen molar-refractivity contribution < 1.29 is 23.1 Å². The average molecular weight is 385 g/mol. The lowest BCUT2D eigenvalue weighted by Crippen LogP contribution is -2.54. The maximum atomic E-state index is 12.7. The fourth-order valence-corrected chi connectivity index (χ4v) is 4.29. The number of aliphatic hydroxyl groups is 1. The van der Waals surface area contributed by atoms with E-state index in [-0.39, 0.29) is 17.9 Å². The van der Waals surface area contributed by atoms with Crippen molar-refractivity contribution in [2.24, 2.45) is 5.41 Å². The summed E-state index contributed by atoms with van der Waals surface area (Å²) in [6, 6.07) is 2.53. The lowest BCUT2D eigenvalue weighted by atomic mass is 9.73. The van der Waals surface area contributed by atoms with Gasteiger partial charge in [-0.2, -0.15) is 13.2 Å². The lowest BCUT2D eigenvalue weighted by Gasteiger charge is -2.48. The Labute approximate surface area is 157 Å². The van der Waals surface area contributed by atoms with Crippen molar-refractivity contribution in [3.63, 3.8) is 0 Å². The quantitative estimate of drug-likeness (QED) is 0.847. The first-order chi connectivity index (χ1) is 12.8. The molecule has 2 aliphatic heterocycles. The Bertz CT molecular complexity index is 651. The highest BCUT2D eigenvalue weighted by Gasteiger charge is 2.41. The van der Waals surface area contributed by atoms with Gasteiger partial charge in [0.1, 0.15) is 5.69 Å². The van der Waals surface area contributed by atoms with E-state index in [9.17, 15) is 18.0 Å². The van der Waals surface area contributed by atoms with Gasteiger partial charge in [0.2, 0.25) is 5.91 Å². The van der Waals surface area contributed by atoms with Crippen LogP contribution in [0.15, 0.2) is 18.3 Å². The standard InChI is InChI=1S/C19H26F3N3O2/c20-19(21,22)16-4-3-15(11-23-16)12-24-8-1-6-18(13-24)7-5-17(27)25(14-18)9-2-10-26/h3-4,11,26H,1-2,5-10,12-14H2/t18-/m1/s1. The molecule has 1 aromatic rings. The number of alkyl halides is 3. The molecule has 2 fully saturated rings. The van der Waals surface area contributed by atoms with E-state index in [4.69, 9.17) is 5.11 Å². The number of carbonyl (C=O) groups is 1. The largest absolute Gasteiger partial charge is 0.433 e. The molecule has 0 unspecified atom stereocenters. The van der Waals surface area contributed by atoms with Crippen molar-refractivity contribution in [1.29, 1.82) is 0 Å². The molecule has 1 spiro atoms. The molecule has 3 rings (SSSR count). The van der Waals surface area contributed by atoms with Crippen LogP contribution >= 0.6 is 0 Å². The van der Waals surface area contributed by atoms with E-state index in [0.717, 1.165) is 44.0 Å². The molecular formula is C19H26F3N3O2. The number of carbonyl (C=O) groups excluding carboxylic acids is 1. The zero-order valence-corrected chi connectivity index (χ0v) is 15.3. The molecule has 1 N–H and O–H groups in total. The molecule has 0 aliphatic carbocycles. The molecule has 1 atom stereocenters. The van der Waals surface area contributed by atoms with Crippen LogP contribution in [0.2, 0.25) is 0 Å². The van der Waals surface area contributed by atoms with Gasteiger partial charge in [-0.3, -0.25) is 14.7 Å². The monoisotopic (exact) mass is 385 g/mol. The number of halogens is 3. The van der Waals surface area contributed by atoms with E-state index < -0.39 is 11.9 Å². The highest BCUT2D eigenvalue weighted by atomic mass is 19.4. The zero-order chi connectivity index (χ0) is 19.5. The minimum absolute atomic E-state index is 0.0426. The van der Waals surface area contributed by atoms with Crippen molar-refractivity contribution in [3.05, 3.63) is 29.6 Å². The van der Waals surface area contributed by atoms with Gasteiger partial charge in [0, 0.05) is 50.8 Å². The van der Waals surface area contributed by atoms with Gasteiger partial charge in [-0.05, 0) is 43.9 Å². The fourth-order valence-electron chi connectivity index (χ4n) is 4.29. The molecule has 3 heterocycles. The number of aliphatic hydroxyl groups excluding tert-OH is 1. The van der Waals surface area contributed by atoms with E-state index in [1.165, 1.54) is 12.3 Å². The smallest absolute Gasteiger partial charge is 0.396 e. The first-order valence-corrected chi connectivity index (χ1v) is 9.44. The molecular weight excluding hydrogens is 359 g/mol. The van der Waals surface area contributed by atoms with Gasteiger partial charge in [-0.25, -0.2) is 0 Å². The summed E-state index contributed by atoms with van der Waals surface area (Å²) in [4.78, 5) is 19.8. The SMILES string of the molecule is O=C1CC[C@@]2(CCCN(Cc3ccc(C(F)(F)F)nc3)C2)CN1CCCO. The number of rotatable bonds is 5. The van der Waals surface area contributed by atoms with E-state index in [0.29, 0.717) is 32.5 Å². The van der Waals surface area contributed by atoms with Gasteiger partial charge in [-0.1, -0.05) is 6.07 Å². The summed E-state index contributed by atoms with van der Waals surface area (Å²) in [6.07, 6.45) is 0.920. The van der Waals surface area contributed by atoms with Gasteiger partial charge in [0.25, 0.3) is 0 Å². The Morgan fingerprint density at radius 3 is 2.70 bits per heavy atom. The summed E-state index contributed by atoms with van der Waals surface area (Å²) in [6.45, 7) is 3.65. The number of hydrogen-bond donors (Lipinski definition) is 1. The summed E-state index contributed by atoms with van der Waals surface area (Å²) in [5.74, 6) is 0.151. The van der Waals surface area contributed by atoms with E-state index in [2.05, 4.69) is 9.88 Å². The maximum Gasteiger partial charge on any atom is 0.433 e. The normalized spacial score (nSPS) is 24.6. The van der Waals surface area contributed by atoms with Crippen LogP contribution in [0, 0.1) is 5.41 Å². The Morgan fingerprint density at radius 1 is 1.22 bits per heavy atom. The molecule has 0 aromatic carbocycles. The Hall–Kier alpha value is -1.67. The average Bonchev–Trinajstić information content (AvgIpc) is 2.63. The van der Waals surface area contributed by atoms with Crippen LogP contribution in [0.3, 0.4) is 0 Å². The first-order valence-electron chi connectivity index (χ1n) is 9.44. The topological polar surface area (TPSA) is 56.7 Å². The molecule has 0 saturated carbocycles. The summed E-state index contributed by atoms with van der Waals surface area (Å²) in [7, 11) is 0. The van der Waals surface area contributed by atoms with E-state index in [1.54, 1.807) is 0 Å². The minimum atomic E-state index is -4.42. The van der Waals surface area contributed by atoms with Gasteiger partial charge in [-0.15, -0.1) is 0 Å². The molecule has 150 valence electrons. The van der Waals surface area contributed by atoms with E-state index >= 15 is 0 Å². The lowest BCUT2D eigenvalue weighted by molar-refractivity contribution is -0.141. The Kier molecular flexibility index (Phi) is 6.05. The predicted octanol–water partition coefficient (Wildman–Crippen LogP) is 2.69. The first kappa shape index (κ1) is 20.1. The van der Waals surface area contributed by atoms with Crippen molar-refractivity contribution in [3.8, 4) is 0 Å². The van der Waals surface area contributed by atoms with Crippen molar-refractivity contribution in [2.75, 3.05) is 32.8 Å². The van der Waals surface area contributed by atoms with Gasteiger partial charge in [0.05, 0.1) is 0 Å². The van der Waals surface area contributed by atoms with Crippen LogP contribution in [0.25, 0.3) is 0 Å². The molecule has 2 saturated heterocycles. The van der Waals surface area contributed by atoms with Crippen molar-refractivity contribution in [2.45, 2.75) is 44.8 Å². The van der Waals surface area contributed by atoms with Crippen molar-refractivity contribution in [1.82, 2.24) is 14.8 Å². The van der Waals surface area contributed by atoms with E-state index in [1.807, 2.05) is 4.90 Å². The van der Waals surface area contributed by atoms with Crippen LogP contribution in [0.4, 0.5) is 13.2 Å². The van der Waals surface area contributed by atoms with Crippen LogP contribution in [0.1, 0.15) is 43.4 Å². The molecule has 0 bridgehead atoms. The minimum Gasteiger partial charge on any atom is -0.396 e. The number of pyridine rings is 1. The molecule has 27 heavy (non-hydrogen) atoms. The molecule has 1 amide bonds. The highest BCUT2D eigenvalue weighted by Crippen LogP contribution is 2.39. The van der Waals surface area contributed by atoms with Gasteiger partial charge >= 0.3 is 6.18 Å². The number of likely N-dealkylation sites (tertiary alicyclic amines) is 2. The van der Waals surface area contributed by atoms with Crippen LogP contribution < -0.4 is 0 Å². The second kappa shape index (κ2) is 8.14. The number of piperidine rings is 2.